The van der Waals surface area contributed by atoms with E-state index in [1.165, 1.54) is 25.7 Å². The number of ether oxygens (including phenoxy) is 1. The number of benzene rings is 2. The van der Waals surface area contributed by atoms with E-state index in [-0.39, 0.29) is 59.4 Å². The van der Waals surface area contributed by atoms with Crippen molar-refractivity contribution in [2.75, 3.05) is 39.3 Å². The van der Waals surface area contributed by atoms with Gasteiger partial charge in [0.15, 0.2) is 16.2 Å². The highest BCUT2D eigenvalue weighted by Crippen LogP contribution is 2.54. The predicted molar refractivity (Wildman–Crippen MR) is 162 cm³/mol. The first-order valence-electron chi connectivity index (χ1n) is 15.5. The van der Waals surface area contributed by atoms with Crippen LogP contribution in [0.15, 0.2) is 57.9 Å². The number of hydrogen-bond acceptors (Lipinski definition) is 9. The van der Waals surface area contributed by atoms with Crippen LogP contribution in [0.5, 0.6) is 0 Å². The summed E-state index contributed by atoms with van der Waals surface area (Å²) in [5, 5.41) is 14.8. The van der Waals surface area contributed by atoms with Gasteiger partial charge in [0.05, 0.1) is 17.2 Å². The summed E-state index contributed by atoms with van der Waals surface area (Å²) < 4.78 is 138. The van der Waals surface area contributed by atoms with E-state index in [9.17, 15) is 49.1 Å². The molecule has 1 amide bonds. The van der Waals surface area contributed by atoms with Gasteiger partial charge in [-0.15, -0.1) is 0 Å². The number of carbonyl (C=O) groups excluding carboxylic acids is 1. The summed E-state index contributed by atoms with van der Waals surface area (Å²) in [5.41, 5.74) is -6.38. The van der Waals surface area contributed by atoms with Gasteiger partial charge in [-0.05, 0) is 50.1 Å². The van der Waals surface area contributed by atoms with Crippen LogP contribution in [-0.2, 0) is 36.3 Å². The van der Waals surface area contributed by atoms with Crippen molar-refractivity contribution in [3.63, 3.8) is 0 Å². The number of carbonyl (C=O) groups is 1. The maximum absolute atomic E-state index is 14.6. The van der Waals surface area contributed by atoms with E-state index in [0.29, 0.717) is 25.2 Å². The Bertz CT molecular complexity index is 1760. The molecule has 2 aliphatic rings. The molecule has 2 aromatic carbocycles. The molecule has 2 saturated heterocycles. The van der Waals surface area contributed by atoms with Gasteiger partial charge in [0.25, 0.3) is 5.60 Å². The van der Waals surface area contributed by atoms with E-state index in [1.807, 2.05) is 0 Å². The molecule has 18 heteroatoms. The van der Waals surface area contributed by atoms with E-state index in [1.54, 1.807) is 9.80 Å². The Morgan fingerprint density at radius 3 is 2.02 bits per heavy atom. The number of rotatable bonds is 9. The van der Waals surface area contributed by atoms with Crippen molar-refractivity contribution in [3.8, 4) is 0 Å². The number of nitrogens with zero attached hydrogens (tertiary/aromatic N) is 4. The lowest BCUT2D eigenvalue weighted by molar-refractivity contribution is -0.392. The number of sulfone groups is 1. The van der Waals surface area contributed by atoms with E-state index in [4.69, 9.17) is 9.26 Å². The second-order valence-electron chi connectivity index (χ2n) is 12.4. The molecular weight excluding hydrogens is 701 g/mol. The number of aromatic nitrogens is 1. The molecule has 3 heterocycles. The third-order valence-electron chi connectivity index (χ3n) is 9.54. The molecule has 0 spiro atoms. The quantitative estimate of drug-likeness (QED) is 0.245. The van der Waals surface area contributed by atoms with Crippen molar-refractivity contribution in [1.82, 2.24) is 19.9 Å². The molecule has 2 unspecified atom stereocenters. The number of alkyl halides is 6. The van der Waals surface area contributed by atoms with Crippen molar-refractivity contribution in [2.45, 2.75) is 67.7 Å². The normalized spacial score (nSPS) is 20.7. The van der Waals surface area contributed by atoms with Gasteiger partial charge in [0.1, 0.15) is 16.3 Å². The van der Waals surface area contributed by atoms with Crippen LogP contribution in [0.3, 0.4) is 0 Å². The first-order valence-corrected chi connectivity index (χ1v) is 17.0. The third-order valence-corrected chi connectivity index (χ3v) is 12.0. The van der Waals surface area contributed by atoms with Crippen LogP contribution in [0, 0.1) is 19.7 Å². The van der Waals surface area contributed by atoms with Crippen LogP contribution in [0.25, 0.3) is 0 Å². The molecule has 2 aliphatic heterocycles. The Morgan fingerprint density at radius 2 is 1.52 bits per heavy atom. The maximum Gasteiger partial charge on any atom is 0.430 e. The monoisotopic (exact) mass is 736 g/mol. The van der Waals surface area contributed by atoms with Crippen molar-refractivity contribution < 1.29 is 58.3 Å². The average Bonchev–Trinajstić information content (AvgIpc) is 3.65. The topological polar surface area (TPSA) is 116 Å². The van der Waals surface area contributed by atoms with Crippen molar-refractivity contribution in [1.29, 1.82) is 0 Å². The molecule has 0 bridgehead atoms. The number of aryl methyl sites for hydroxylation is 2. The molecule has 2 fully saturated rings. The van der Waals surface area contributed by atoms with Crippen molar-refractivity contribution in [3.05, 3.63) is 82.5 Å². The highest BCUT2D eigenvalue weighted by atomic mass is 32.2. The molecule has 0 aliphatic carbocycles. The minimum atomic E-state index is -6.02. The highest BCUT2D eigenvalue weighted by Gasteiger charge is 2.73. The van der Waals surface area contributed by atoms with E-state index in [2.05, 4.69) is 5.16 Å². The van der Waals surface area contributed by atoms with Gasteiger partial charge >= 0.3 is 12.4 Å². The average molecular weight is 737 g/mol. The zero-order valence-corrected chi connectivity index (χ0v) is 28.0. The number of hydrogen-bond donors (Lipinski definition) is 1. The van der Waals surface area contributed by atoms with E-state index < -0.39 is 63.4 Å². The smallest absolute Gasteiger partial charge is 0.365 e. The summed E-state index contributed by atoms with van der Waals surface area (Å²) in [6.07, 6.45) is -13.6. The lowest BCUT2D eigenvalue weighted by atomic mass is 9.88. The lowest BCUT2D eigenvalue weighted by Crippen LogP contribution is -2.56. The van der Waals surface area contributed by atoms with E-state index >= 15 is 0 Å². The van der Waals surface area contributed by atoms with Crippen LogP contribution in [-0.4, -0.2) is 97.3 Å². The second-order valence-corrected chi connectivity index (χ2v) is 14.7. The second kappa shape index (κ2) is 13.5. The van der Waals surface area contributed by atoms with Gasteiger partial charge in [-0.3, -0.25) is 14.6 Å². The zero-order chi connectivity index (χ0) is 36.9. The minimum Gasteiger partial charge on any atom is -0.365 e. The molecule has 1 N–H and O–H groups in total. The fourth-order valence-electron chi connectivity index (χ4n) is 6.59. The van der Waals surface area contributed by atoms with Crippen LogP contribution < -0.4 is 0 Å². The molecule has 10 nitrogen and oxygen atoms in total. The Morgan fingerprint density at radius 1 is 0.940 bits per heavy atom. The number of amides is 1. The first kappa shape index (κ1) is 37.7. The Balaban J connectivity index is 1.55. The summed E-state index contributed by atoms with van der Waals surface area (Å²) in [4.78, 5) is 16.1. The number of halogens is 7. The standard InChI is InChI=1S/C32H35F7N4O6S/c1-20-27(21(2)49-40-20)18-48-30(31(34,35)36,32(37,38)39)24-6-4-23(5-7-24)29(50(46,47)26-10-8-25(33)9-11-26)12-13-43(19-29)28(45)42-16-14-41(15-17-42)22(3)44/h4-11,28,45H,12-19H2,1-3H3. The first-order chi connectivity index (χ1) is 23.2. The summed E-state index contributed by atoms with van der Waals surface area (Å²) in [6.45, 7) is 3.58. The lowest BCUT2D eigenvalue weighted by Gasteiger charge is -2.40. The molecule has 0 saturated carbocycles. The Labute approximate surface area is 283 Å². The SMILES string of the molecule is CC(=O)N1CCN(C(O)N2CCC(c3ccc(C(OCc4c(C)noc4C)(C(F)(F)F)C(F)(F)F)cc3)(S(=O)(=O)c3ccc(F)cc3)C2)CC1. The van der Waals surface area contributed by atoms with Crippen LogP contribution in [0.4, 0.5) is 30.7 Å². The van der Waals surface area contributed by atoms with Gasteiger partial charge in [-0.25, -0.2) is 12.8 Å². The Hall–Kier alpha value is -3.58. The van der Waals surface area contributed by atoms with Gasteiger partial charge in [-0.2, -0.15) is 26.3 Å². The largest absolute Gasteiger partial charge is 0.430 e. The fourth-order valence-corrected chi connectivity index (χ4v) is 8.68. The Kier molecular flexibility index (Phi) is 10.2. The predicted octanol–water partition coefficient (Wildman–Crippen LogP) is 4.78. The third kappa shape index (κ3) is 6.51. The molecular formula is C32H35F7N4O6S. The molecule has 274 valence electrons. The molecule has 1 aromatic heterocycles. The molecule has 0 radical (unpaired) electrons. The van der Waals surface area contributed by atoms with Gasteiger partial charge in [0, 0.05) is 57.3 Å². The number of aliphatic hydroxyl groups excluding tert-OH is 1. The molecule has 2 atom stereocenters. The number of piperazine rings is 1. The van der Waals surface area contributed by atoms with Crippen molar-refractivity contribution in [2.24, 2.45) is 0 Å². The molecule has 5 rings (SSSR count). The summed E-state index contributed by atoms with van der Waals surface area (Å²) in [7, 11) is -4.53. The minimum absolute atomic E-state index is 0.0299. The highest BCUT2D eigenvalue weighted by molar-refractivity contribution is 7.92. The fraction of sp³-hybridized carbons (Fsp3) is 0.500. The van der Waals surface area contributed by atoms with Gasteiger partial charge in [0.2, 0.25) is 5.91 Å². The zero-order valence-electron chi connectivity index (χ0n) is 27.2. The van der Waals surface area contributed by atoms with Gasteiger partial charge in [-0.1, -0.05) is 29.4 Å². The van der Waals surface area contributed by atoms with Gasteiger partial charge < -0.3 is 19.3 Å². The maximum atomic E-state index is 14.6. The number of aliphatic hydroxyl groups is 1. The molecule has 3 aromatic rings. The number of likely N-dealkylation sites (tertiary alicyclic amines) is 1. The van der Waals surface area contributed by atoms with Crippen LogP contribution in [0.1, 0.15) is 41.5 Å². The molecule has 50 heavy (non-hydrogen) atoms. The van der Waals surface area contributed by atoms with Crippen LogP contribution >= 0.6 is 0 Å². The summed E-state index contributed by atoms with van der Waals surface area (Å²) in [5.74, 6) is -0.914. The van der Waals surface area contributed by atoms with Crippen LogP contribution in [0.2, 0.25) is 0 Å². The summed E-state index contributed by atoms with van der Waals surface area (Å²) in [6, 6.07) is 6.68. The summed E-state index contributed by atoms with van der Waals surface area (Å²) >= 11 is 0. The van der Waals surface area contributed by atoms with Crippen molar-refractivity contribution >= 4 is 15.7 Å². The van der Waals surface area contributed by atoms with E-state index in [0.717, 1.165) is 36.4 Å².